The molecule has 1 fully saturated rings. The van der Waals surface area contributed by atoms with Gasteiger partial charge in [-0.2, -0.15) is 13.2 Å². The first kappa shape index (κ1) is 29.2. The van der Waals surface area contributed by atoms with Crippen molar-refractivity contribution in [2.45, 2.75) is 58.4 Å². The van der Waals surface area contributed by atoms with E-state index in [1.807, 2.05) is 13.8 Å². The quantitative estimate of drug-likeness (QED) is 0.207. The number of aliphatic imine (C=N–C) groups is 1. The van der Waals surface area contributed by atoms with E-state index >= 15 is 0 Å². The van der Waals surface area contributed by atoms with E-state index in [1.165, 1.54) is 20.2 Å². The Kier molecular flexibility index (Phi) is 10.8. The molecule has 12 heteroatoms. The monoisotopic (exact) mass is 517 g/mol. The van der Waals surface area contributed by atoms with Gasteiger partial charge < -0.3 is 20.3 Å². The average molecular weight is 518 g/mol. The number of nitrogens with zero attached hydrogens (tertiary/aromatic N) is 3. The first-order chi connectivity index (χ1) is 17.1. The number of alkyl halides is 5. The third kappa shape index (κ3) is 7.25. The Morgan fingerprint density at radius 2 is 2.08 bits per heavy atom. The first-order valence-corrected chi connectivity index (χ1v) is 11.6. The maximum absolute atomic E-state index is 14.0. The molecule has 1 aromatic rings. The van der Waals surface area contributed by atoms with E-state index in [0.717, 1.165) is 12.1 Å². The topological polar surface area (TPSA) is 78.8 Å². The number of nitrogens with one attached hydrogen (secondary N) is 2. The normalized spacial score (nSPS) is 18.9. The number of amidine groups is 1. The summed E-state index contributed by atoms with van der Waals surface area (Å²) < 4.78 is 74.3. The van der Waals surface area contributed by atoms with Crippen LogP contribution in [0.1, 0.15) is 44.9 Å². The summed E-state index contributed by atoms with van der Waals surface area (Å²) in [4.78, 5) is 21.3. The molecule has 1 saturated heterocycles. The summed E-state index contributed by atoms with van der Waals surface area (Å²) in [6.45, 7) is 6.57. The lowest BCUT2D eigenvalue weighted by molar-refractivity contribution is -0.138. The molecule has 1 aliphatic heterocycles. The lowest BCUT2D eigenvalue weighted by Gasteiger charge is -2.37. The minimum Gasteiger partial charge on any atom is -0.453 e. The van der Waals surface area contributed by atoms with Gasteiger partial charge >= 0.3 is 6.18 Å². The summed E-state index contributed by atoms with van der Waals surface area (Å²) in [5.41, 5.74) is -1.44. The van der Waals surface area contributed by atoms with Crippen molar-refractivity contribution < 1.29 is 31.5 Å². The van der Waals surface area contributed by atoms with Crippen molar-refractivity contribution in [3.05, 3.63) is 41.2 Å². The number of allylic oxidation sites excluding steroid dienone is 2. The van der Waals surface area contributed by atoms with Crippen LogP contribution in [0.25, 0.3) is 5.57 Å². The standard InChI is InChI=1S/C24H32F5N5O2/c1-5-7-8-32-23(30-4)20(21(22(25)26)36-14-35)15(3)18-11-16(24(27,28)29)12-19(33-18)34-10-9-31-13-17(34)6-2/h7-8,11-12,14,17,21-22,31H,5-6,9-10,13H2,1-4H3,(H,30,32)/b8-7+,20-15+. The fraction of sp³-hybridized carbons (Fsp3) is 0.542. The van der Waals surface area contributed by atoms with Crippen LogP contribution in [-0.2, 0) is 15.7 Å². The van der Waals surface area contributed by atoms with Crippen LogP contribution < -0.4 is 15.5 Å². The van der Waals surface area contributed by atoms with Gasteiger partial charge in [0.1, 0.15) is 11.7 Å². The zero-order valence-electron chi connectivity index (χ0n) is 20.7. The van der Waals surface area contributed by atoms with Crippen molar-refractivity contribution in [3.8, 4) is 0 Å². The molecule has 7 nitrogen and oxygen atoms in total. The van der Waals surface area contributed by atoms with Crippen molar-refractivity contribution in [3.63, 3.8) is 0 Å². The molecule has 2 heterocycles. The van der Waals surface area contributed by atoms with E-state index < -0.39 is 24.3 Å². The van der Waals surface area contributed by atoms with Gasteiger partial charge in [0.2, 0.25) is 0 Å². The maximum atomic E-state index is 14.0. The Hall–Kier alpha value is -3.02. The highest BCUT2D eigenvalue weighted by Gasteiger charge is 2.35. The molecule has 200 valence electrons. The average Bonchev–Trinajstić information content (AvgIpc) is 2.86. The van der Waals surface area contributed by atoms with Gasteiger partial charge in [-0.05, 0) is 43.7 Å². The van der Waals surface area contributed by atoms with Gasteiger partial charge in [0.25, 0.3) is 12.9 Å². The zero-order chi connectivity index (χ0) is 26.9. The van der Waals surface area contributed by atoms with Gasteiger partial charge in [0, 0.05) is 38.3 Å². The van der Waals surface area contributed by atoms with Crippen molar-refractivity contribution in [1.82, 2.24) is 15.6 Å². The van der Waals surface area contributed by atoms with Crippen LogP contribution in [0.3, 0.4) is 0 Å². The van der Waals surface area contributed by atoms with Gasteiger partial charge in [0.05, 0.1) is 11.3 Å². The number of piperazine rings is 1. The number of carbonyl (C=O) groups is 1. The van der Waals surface area contributed by atoms with Gasteiger partial charge in [-0.3, -0.25) is 9.79 Å². The Morgan fingerprint density at radius 3 is 2.64 bits per heavy atom. The first-order valence-electron chi connectivity index (χ1n) is 11.6. The number of ether oxygens (including phenoxy) is 1. The van der Waals surface area contributed by atoms with Crippen molar-refractivity contribution in [2.24, 2.45) is 4.99 Å². The second-order valence-electron chi connectivity index (χ2n) is 8.11. The highest BCUT2D eigenvalue weighted by molar-refractivity contribution is 6.06. The van der Waals surface area contributed by atoms with Crippen LogP contribution in [0.15, 0.2) is 35.0 Å². The third-order valence-corrected chi connectivity index (χ3v) is 5.81. The van der Waals surface area contributed by atoms with Crippen molar-refractivity contribution in [1.29, 1.82) is 0 Å². The zero-order valence-corrected chi connectivity index (χ0v) is 20.7. The van der Waals surface area contributed by atoms with Crippen LogP contribution in [0.2, 0.25) is 0 Å². The van der Waals surface area contributed by atoms with Gasteiger partial charge in [-0.25, -0.2) is 13.8 Å². The second-order valence-corrected chi connectivity index (χ2v) is 8.11. The number of halogens is 5. The molecule has 0 aliphatic carbocycles. The SMILES string of the molecule is CC/C=C/NC(=NC)/C(=C(\C)c1cc(C(F)(F)F)cc(N2CCNCC2CC)n1)C(OC=O)C(F)F. The Balaban J connectivity index is 2.80. The molecule has 36 heavy (non-hydrogen) atoms. The molecule has 1 aliphatic rings. The smallest absolute Gasteiger partial charge is 0.416 e. The van der Waals surface area contributed by atoms with E-state index in [0.29, 0.717) is 32.5 Å². The highest BCUT2D eigenvalue weighted by atomic mass is 19.4. The van der Waals surface area contributed by atoms with E-state index in [2.05, 4.69) is 25.3 Å². The summed E-state index contributed by atoms with van der Waals surface area (Å²) in [6, 6.07) is 1.68. The largest absolute Gasteiger partial charge is 0.453 e. The molecular weight excluding hydrogens is 485 g/mol. The molecule has 2 N–H and O–H groups in total. The summed E-state index contributed by atoms with van der Waals surface area (Å²) >= 11 is 0. The van der Waals surface area contributed by atoms with Crippen molar-refractivity contribution in [2.75, 3.05) is 31.6 Å². The van der Waals surface area contributed by atoms with Crippen LogP contribution in [0.5, 0.6) is 0 Å². The third-order valence-electron chi connectivity index (χ3n) is 5.81. The lowest BCUT2D eigenvalue weighted by Crippen LogP contribution is -2.51. The summed E-state index contributed by atoms with van der Waals surface area (Å²) in [7, 11) is 1.33. The van der Waals surface area contributed by atoms with E-state index in [4.69, 9.17) is 0 Å². The predicted octanol–water partition coefficient (Wildman–Crippen LogP) is 4.41. The Morgan fingerprint density at radius 1 is 1.36 bits per heavy atom. The van der Waals surface area contributed by atoms with Crippen molar-refractivity contribution >= 4 is 23.7 Å². The Labute approximate surface area is 207 Å². The molecule has 0 amide bonds. The number of pyridine rings is 1. The minimum absolute atomic E-state index is 0.0318. The molecule has 2 rings (SSSR count). The molecule has 0 saturated carbocycles. The van der Waals surface area contributed by atoms with E-state index in [9.17, 15) is 26.7 Å². The fourth-order valence-electron chi connectivity index (χ4n) is 3.94. The number of hydrogen-bond donors (Lipinski definition) is 2. The van der Waals surface area contributed by atoms with Crippen LogP contribution in [-0.4, -0.2) is 62.5 Å². The number of anilines is 1. The second kappa shape index (κ2) is 13.3. The van der Waals surface area contributed by atoms with Crippen LogP contribution in [0.4, 0.5) is 27.8 Å². The van der Waals surface area contributed by atoms with E-state index in [1.54, 1.807) is 11.0 Å². The molecule has 0 spiro atoms. The van der Waals surface area contributed by atoms with Gasteiger partial charge in [0.15, 0.2) is 6.10 Å². The summed E-state index contributed by atoms with van der Waals surface area (Å²) in [5.74, 6) is 0.00400. The molecule has 0 bridgehead atoms. The molecular formula is C24H32F5N5O2. The molecule has 2 unspecified atom stereocenters. The summed E-state index contributed by atoms with van der Waals surface area (Å²) in [5, 5.41) is 5.98. The lowest BCUT2D eigenvalue weighted by atomic mass is 9.98. The number of hydrogen-bond acceptors (Lipinski definition) is 6. The fourth-order valence-corrected chi connectivity index (χ4v) is 3.94. The number of rotatable bonds is 10. The molecule has 2 atom stereocenters. The van der Waals surface area contributed by atoms with E-state index in [-0.39, 0.29) is 41.0 Å². The highest BCUT2D eigenvalue weighted by Crippen LogP contribution is 2.35. The van der Waals surface area contributed by atoms with Crippen LogP contribution in [0, 0.1) is 0 Å². The molecule has 1 aromatic heterocycles. The Bertz CT molecular complexity index is 978. The van der Waals surface area contributed by atoms with Gasteiger partial charge in [-0.1, -0.05) is 19.9 Å². The van der Waals surface area contributed by atoms with Crippen LogP contribution >= 0.6 is 0 Å². The molecule has 0 aromatic carbocycles. The predicted molar refractivity (Wildman–Crippen MR) is 129 cm³/mol. The maximum Gasteiger partial charge on any atom is 0.416 e. The summed E-state index contributed by atoms with van der Waals surface area (Å²) in [6.07, 6.45) is -5.48. The van der Waals surface area contributed by atoms with Gasteiger partial charge in [-0.15, -0.1) is 0 Å². The molecule has 0 radical (unpaired) electrons. The minimum atomic E-state index is -4.70. The number of aromatic nitrogens is 1. The number of carbonyl (C=O) groups excluding carboxylic acids is 1.